The number of halogens is 1. The number of nitrogens with zero attached hydrogens (tertiary/aromatic N) is 1. The normalized spacial score (nSPS) is 10.2. The minimum atomic E-state index is -0.362. The van der Waals surface area contributed by atoms with Crippen LogP contribution in [0.3, 0.4) is 0 Å². The van der Waals surface area contributed by atoms with Crippen molar-refractivity contribution in [2.45, 2.75) is 0 Å². The van der Waals surface area contributed by atoms with E-state index in [1.54, 1.807) is 24.4 Å². The summed E-state index contributed by atoms with van der Waals surface area (Å²) in [4.78, 5) is 11.3. The number of rotatable bonds is 3. The monoisotopic (exact) mass is 363 g/mol. The van der Waals surface area contributed by atoms with Crippen LogP contribution in [0.4, 0.5) is 0 Å². The first-order valence-corrected chi connectivity index (χ1v) is 5.99. The number of methoxy groups -OCH3 is 1. The van der Waals surface area contributed by atoms with E-state index < -0.39 is 0 Å². The molecular formula is C10H10IN3O2S. The van der Waals surface area contributed by atoms with Crippen molar-refractivity contribution >= 4 is 52.1 Å². The molecule has 3 N–H and O–H groups in total. The van der Waals surface area contributed by atoms with Crippen LogP contribution in [0.2, 0.25) is 0 Å². The van der Waals surface area contributed by atoms with Crippen molar-refractivity contribution in [3.63, 3.8) is 0 Å². The van der Waals surface area contributed by atoms with Gasteiger partial charge in [-0.25, -0.2) is 4.79 Å². The summed E-state index contributed by atoms with van der Waals surface area (Å²) in [6.07, 6.45) is 1.56. The molecule has 0 radical (unpaired) electrons. The van der Waals surface area contributed by atoms with E-state index >= 15 is 0 Å². The molecule has 0 saturated carbocycles. The number of carbonyl (C=O) groups excluding carboxylic acids is 1. The third-order valence-corrected chi connectivity index (χ3v) is 2.77. The van der Waals surface area contributed by atoms with Gasteiger partial charge in [-0.1, -0.05) is 6.07 Å². The van der Waals surface area contributed by atoms with Gasteiger partial charge in [0.1, 0.15) is 0 Å². The molecule has 0 heterocycles. The van der Waals surface area contributed by atoms with Gasteiger partial charge in [0.2, 0.25) is 0 Å². The Balaban J connectivity index is 2.85. The fraction of sp³-hybridized carbons (Fsp3) is 0.100. The lowest BCUT2D eigenvalue weighted by Crippen LogP contribution is -2.24. The number of carbonyl (C=O) groups is 1. The fourth-order valence-electron chi connectivity index (χ4n) is 1.06. The Morgan fingerprint density at radius 2 is 2.35 bits per heavy atom. The van der Waals surface area contributed by atoms with Gasteiger partial charge in [-0.2, -0.15) is 5.10 Å². The first kappa shape index (κ1) is 13.8. The Labute approximate surface area is 118 Å². The van der Waals surface area contributed by atoms with Crippen molar-refractivity contribution in [1.29, 1.82) is 0 Å². The van der Waals surface area contributed by atoms with Crippen LogP contribution in [0.25, 0.3) is 0 Å². The minimum absolute atomic E-state index is 0.0992. The van der Waals surface area contributed by atoms with E-state index in [9.17, 15) is 4.79 Å². The van der Waals surface area contributed by atoms with E-state index in [4.69, 9.17) is 5.73 Å². The van der Waals surface area contributed by atoms with E-state index in [0.29, 0.717) is 5.56 Å². The minimum Gasteiger partial charge on any atom is -0.465 e. The molecule has 5 nitrogen and oxygen atoms in total. The van der Waals surface area contributed by atoms with Crippen molar-refractivity contribution in [3.05, 3.63) is 32.9 Å². The van der Waals surface area contributed by atoms with Crippen LogP contribution in [0.5, 0.6) is 0 Å². The molecule has 90 valence electrons. The summed E-state index contributed by atoms with van der Waals surface area (Å²) in [5, 5.41) is 3.92. The van der Waals surface area contributed by atoms with Crippen molar-refractivity contribution in [2.75, 3.05) is 7.11 Å². The highest BCUT2D eigenvalue weighted by Gasteiger charge is 2.09. The maximum atomic E-state index is 11.3. The standard InChI is InChI=1S/C10H10IN3O2S/c1-16-9(15)7-3-2-6(4-8(7)11)5-13-14-10(12)17/h2-5H,1H3,(H3,12,14,17). The summed E-state index contributed by atoms with van der Waals surface area (Å²) in [5.74, 6) is -0.362. The highest BCUT2D eigenvalue weighted by atomic mass is 127. The Morgan fingerprint density at radius 3 is 2.88 bits per heavy atom. The lowest BCUT2D eigenvalue weighted by molar-refractivity contribution is 0.0599. The summed E-state index contributed by atoms with van der Waals surface area (Å²) >= 11 is 6.65. The zero-order chi connectivity index (χ0) is 12.8. The molecule has 0 fully saturated rings. The zero-order valence-corrected chi connectivity index (χ0v) is 11.9. The van der Waals surface area contributed by atoms with Gasteiger partial charge in [-0.3, -0.25) is 5.43 Å². The predicted molar refractivity (Wildman–Crippen MR) is 78.0 cm³/mol. The van der Waals surface area contributed by atoms with Crippen LogP contribution in [0.15, 0.2) is 23.3 Å². The van der Waals surface area contributed by atoms with E-state index in [1.807, 2.05) is 0 Å². The van der Waals surface area contributed by atoms with Gasteiger partial charge in [0.05, 0.1) is 18.9 Å². The number of hydrazone groups is 1. The van der Waals surface area contributed by atoms with Crippen molar-refractivity contribution in [2.24, 2.45) is 10.8 Å². The van der Waals surface area contributed by atoms with Crippen LogP contribution < -0.4 is 11.2 Å². The van der Waals surface area contributed by atoms with Gasteiger partial charge in [-0.15, -0.1) is 0 Å². The molecule has 0 aliphatic carbocycles. The summed E-state index contributed by atoms with van der Waals surface area (Å²) in [5.41, 5.74) is 9.00. The molecular weight excluding hydrogens is 353 g/mol. The first-order valence-electron chi connectivity index (χ1n) is 4.51. The Hall–Kier alpha value is -1.22. The lowest BCUT2D eigenvalue weighted by atomic mass is 10.1. The smallest absolute Gasteiger partial charge is 0.338 e. The number of hydrogen-bond acceptors (Lipinski definition) is 4. The number of hydrogen-bond donors (Lipinski definition) is 2. The molecule has 0 aliphatic rings. The first-order chi connectivity index (χ1) is 8.04. The third-order valence-electron chi connectivity index (χ3n) is 1.79. The molecule has 1 aromatic carbocycles. The highest BCUT2D eigenvalue weighted by molar-refractivity contribution is 14.1. The largest absolute Gasteiger partial charge is 0.465 e. The Bertz CT molecular complexity index is 477. The lowest BCUT2D eigenvalue weighted by Gasteiger charge is -2.03. The van der Waals surface area contributed by atoms with Crippen LogP contribution >= 0.6 is 34.8 Å². The maximum absolute atomic E-state index is 11.3. The maximum Gasteiger partial charge on any atom is 0.338 e. The Morgan fingerprint density at radius 1 is 1.65 bits per heavy atom. The molecule has 0 bridgehead atoms. The molecule has 0 amide bonds. The second-order valence-corrected chi connectivity index (χ2v) is 4.57. The van der Waals surface area contributed by atoms with Crippen LogP contribution in [-0.4, -0.2) is 24.4 Å². The third kappa shape index (κ3) is 4.27. The molecule has 0 spiro atoms. The van der Waals surface area contributed by atoms with Gasteiger partial charge in [0.25, 0.3) is 0 Å². The molecule has 7 heteroatoms. The van der Waals surface area contributed by atoms with Crippen LogP contribution in [-0.2, 0) is 4.74 Å². The van der Waals surface area contributed by atoms with Crippen molar-refractivity contribution in [3.8, 4) is 0 Å². The average Bonchev–Trinajstić information content (AvgIpc) is 2.28. The number of nitrogens with two attached hydrogens (primary N) is 1. The van der Waals surface area contributed by atoms with Crippen molar-refractivity contribution < 1.29 is 9.53 Å². The summed E-state index contributed by atoms with van der Waals surface area (Å²) in [6, 6.07) is 5.23. The molecule has 0 aromatic heterocycles. The topological polar surface area (TPSA) is 76.7 Å². The van der Waals surface area contributed by atoms with E-state index in [2.05, 4.69) is 50.1 Å². The summed E-state index contributed by atoms with van der Waals surface area (Å²) in [7, 11) is 1.35. The average molecular weight is 363 g/mol. The number of ether oxygens (including phenoxy) is 1. The highest BCUT2D eigenvalue weighted by Crippen LogP contribution is 2.14. The fourth-order valence-corrected chi connectivity index (χ4v) is 1.87. The van der Waals surface area contributed by atoms with E-state index in [-0.39, 0.29) is 11.1 Å². The molecule has 0 unspecified atom stereocenters. The molecule has 0 aliphatic heterocycles. The van der Waals surface area contributed by atoms with E-state index in [1.165, 1.54) is 7.11 Å². The molecule has 0 saturated heterocycles. The number of nitrogens with one attached hydrogen (secondary N) is 1. The second kappa shape index (κ2) is 6.50. The summed E-state index contributed by atoms with van der Waals surface area (Å²) < 4.78 is 5.43. The molecule has 1 rings (SSSR count). The number of esters is 1. The van der Waals surface area contributed by atoms with Crippen LogP contribution in [0.1, 0.15) is 15.9 Å². The van der Waals surface area contributed by atoms with Crippen LogP contribution in [0, 0.1) is 3.57 Å². The van der Waals surface area contributed by atoms with Gasteiger partial charge < -0.3 is 10.5 Å². The van der Waals surface area contributed by atoms with Crippen molar-refractivity contribution in [1.82, 2.24) is 5.43 Å². The zero-order valence-electron chi connectivity index (χ0n) is 8.94. The predicted octanol–water partition coefficient (Wildman–Crippen LogP) is 1.24. The van der Waals surface area contributed by atoms with Gasteiger partial charge in [0.15, 0.2) is 5.11 Å². The molecule has 0 atom stereocenters. The van der Waals surface area contributed by atoms with Gasteiger partial charge >= 0.3 is 5.97 Å². The Kier molecular flexibility index (Phi) is 5.29. The van der Waals surface area contributed by atoms with E-state index in [0.717, 1.165) is 9.13 Å². The SMILES string of the molecule is COC(=O)c1ccc(C=NNC(N)=S)cc1I. The quantitative estimate of drug-likeness (QED) is 0.278. The molecule has 17 heavy (non-hydrogen) atoms. The van der Waals surface area contributed by atoms with Gasteiger partial charge in [0, 0.05) is 3.57 Å². The number of thiocarbonyl (C=S) groups is 1. The summed E-state index contributed by atoms with van der Waals surface area (Å²) in [6.45, 7) is 0. The second-order valence-electron chi connectivity index (χ2n) is 2.97. The number of benzene rings is 1. The molecule has 1 aromatic rings. The van der Waals surface area contributed by atoms with Gasteiger partial charge in [-0.05, 0) is 52.5 Å².